The van der Waals surface area contributed by atoms with Gasteiger partial charge in [0, 0.05) is 17.1 Å². The number of nitrogen functional groups attached to an aromatic ring is 1. The molecule has 3 N–H and O–H groups in total. The van der Waals surface area contributed by atoms with Crippen LogP contribution in [0.4, 0.5) is 10.1 Å². The van der Waals surface area contributed by atoms with Crippen LogP contribution >= 0.6 is 11.8 Å². The summed E-state index contributed by atoms with van der Waals surface area (Å²) in [5.41, 5.74) is 5.93. The van der Waals surface area contributed by atoms with E-state index in [-0.39, 0.29) is 17.0 Å². The van der Waals surface area contributed by atoms with Crippen LogP contribution in [0.25, 0.3) is 0 Å². The van der Waals surface area contributed by atoms with Crippen molar-refractivity contribution in [3.63, 3.8) is 0 Å². The topological polar surface area (TPSA) is 55.1 Å². The van der Waals surface area contributed by atoms with Crippen molar-refractivity contribution in [1.82, 2.24) is 5.32 Å². The second kappa shape index (κ2) is 7.26. The van der Waals surface area contributed by atoms with Crippen LogP contribution in [0.5, 0.6) is 0 Å². The summed E-state index contributed by atoms with van der Waals surface area (Å²) in [6.45, 7) is 4.55. The molecule has 1 atom stereocenters. The first kappa shape index (κ1) is 14.8. The van der Waals surface area contributed by atoms with E-state index < -0.39 is 0 Å². The number of hydrogen-bond donors (Lipinski definition) is 2. The first-order chi connectivity index (χ1) is 8.52. The lowest BCUT2D eigenvalue weighted by Crippen LogP contribution is -2.31. The zero-order chi connectivity index (χ0) is 13.5. The summed E-state index contributed by atoms with van der Waals surface area (Å²) >= 11 is 1.31. The number of anilines is 1. The minimum absolute atomic E-state index is 0.0312. The number of carbonyl (C=O) groups is 1. The SMILES string of the molecule is CCCCNC(=O)C(C)Sc1cc(N)cc(F)c1. The molecule has 0 aliphatic carbocycles. The maximum atomic E-state index is 13.1. The molecule has 1 amide bonds. The Morgan fingerprint density at radius 1 is 1.50 bits per heavy atom. The van der Waals surface area contributed by atoms with Crippen molar-refractivity contribution in [1.29, 1.82) is 0 Å². The summed E-state index contributed by atoms with van der Waals surface area (Å²) in [6, 6.07) is 4.32. The van der Waals surface area contributed by atoms with Gasteiger partial charge in [-0.05, 0) is 31.5 Å². The predicted molar refractivity (Wildman–Crippen MR) is 74.0 cm³/mol. The van der Waals surface area contributed by atoms with Gasteiger partial charge in [0.25, 0.3) is 0 Å². The molecule has 0 saturated carbocycles. The van der Waals surface area contributed by atoms with Crippen LogP contribution in [0.15, 0.2) is 23.1 Å². The van der Waals surface area contributed by atoms with E-state index in [0.29, 0.717) is 17.1 Å². The van der Waals surface area contributed by atoms with E-state index in [1.807, 2.05) is 0 Å². The number of carbonyl (C=O) groups excluding carboxylic acids is 1. The molecule has 1 aromatic rings. The standard InChI is InChI=1S/C13H19FN2OS/c1-3-4-5-16-13(17)9(2)18-12-7-10(14)6-11(15)8-12/h6-9H,3-5,15H2,1-2H3,(H,16,17). The van der Waals surface area contributed by atoms with Gasteiger partial charge in [0.05, 0.1) is 5.25 Å². The van der Waals surface area contributed by atoms with E-state index in [0.717, 1.165) is 12.8 Å². The Labute approximate surface area is 111 Å². The number of hydrogen-bond acceptors (Lipinski definition) is 3. The van der Waals surface area contributed by atoms with Gasteiger partial charge in [-0.3, -0.25) is 4.79 Å². The van der Waals surface area contributed by atoms with Crippen LogP contribution in [0.2, 0.25) is 0 Å². The molecular formula is C13H19FN2OS. The first-order valence-electron chi connectivity index (χ1n) is 6.03. The molecule has 0 saturated heterocycles. The monoisotopic (exact) mass is 270 g/mol. The predicted octanol–water partition coefficient (Wildman–Crippen LogP) is 2.80. The molecule has 100 valence electrons. The summed E-state index contributed by atoms with van der Waals surface area (Å²) in [6.07, 6.45) is 2.01. The molecule has 3 nitrogen and oxygen atoms in total. The third kappa shape index (κ3) is 4.96. The normalized spacial score (nSPS) is 12.2. The molecule has 0 aromatic heterocycles. The molecule has 1 rings (SSSR count). The van der Waals surface area contributed by atoms with Crippen LogP contribution in [0.3, 0.4) is 0 Å². The Balaban J connectivity index is 2.52. The van der Waals surface area contributed by atoms with E-state index in [9.17, 15) is 9.18 Å². The quantitative estimate of drug-likeness (QED) is 0.475. The average molecular weight is 270 g/mol. The second-order valence-corrected chi connectivity index (χ2v) is 5.54. The Morgan fingerprint density at radius 2 is 2.22 bits per heavy atom. The highest BCUT2D eigenvalue weighted by Gasteiger charge is 2.14. The highest BCUT2D eigenvalue weighted by molar-refractivity contribution is 8.00. The molecule has 0 heterocycles. The lowest BCUT2D eigenvalue weighted by atomic mass is 10.3. The van der Waals surface area contributed by atoms with Gasteiger partial charge in [-0.2, -0.15) is 0 Å². The molecule has 1 aromatic carbocycles. The molecular weight excluding hydrogens is 251 g/mol. The average Bonchev–Trinajstić information content (AvgIpc) is 2.27. The fourth-order valence-electron chi connectivity index (χ4n) is 1.44. The zero-order valence-corrected chi connectivity index (χ0v) is 11.5. The van der Waals surface area contributed by atoms with Gasteiger partial charge >= 0.3 is 0 Å². The molecule has 1 unspecified atom stereocenters. The van der Waals surface area contributed by atoms with Crippen molar-refractivity contribution in [3.8, 4) is 0 Å². The molecule has 0 aliphatic heterocycles. The second-order valence-electron chi connectivity index (χ2n) is 4.12. The zero-order valence-electron chi connectivity index (χ0n) is 10.7. The highest BCUT2D eigenvalue weighted by atomic mass is 32.2. The molecule has 0 bridgehead atoms. The number of halogens is 1. The maximum absolute atomic E-state index is 13.1. The van der Waals surface area contributed by atoms with E-state index >= 15 is 0 Å². The number of rotatable bonds is 6. The molecule has 0 fully saturated rings. The van der Waals surface area contributed by atoms with Gasteiger partial charge in [0.15, 0.2) is 0 Å². The number of thioether (sulfide) groups is 1. The van der Waals surface area contributed by atoms with Gasteiger partial charge in [0.1, 0.15) is 5.82 Å². The third-order valence-electron chi connectivity index (χ3n) is 2.41. The van der Waals surface area contributed by atoms with Crippen molar-refractivity contribution in [2.75, 3.05) is 12.3 Å². The van der Waals surface area contributed by atoms with Crippen molar-refractivity contribution in [2.24, 2.45) is 0 Å². The minimum Gasteiger partial charge on any atom is -0.399 e. The van der Waals surface area contributed by atoms with Crippen molar-refractivity contribution in [2.45, 2.75) is 36.8 Å². The summed E-state index contributed by atoms with van der Waals surface area (Å²) < 4.78 is 13.1. The van der Waals surface area contributed by atoms with Gasteiger partial charge in [0.2, 0.25) is 5.91 Å². The lowest BCUT2D eigenvalue weighted by Gasteiger charge is -2.12. The van der Waals surface area contributed by atoms with E-state index in [1.165, 1.54) is 23.9 Å². The van der Waals surface area contributed by atoms with Crippen molar-refractivity contribution >= 4 is 23.4 Å². The summed E-state index contributed by atoms with van der Waals surface area (Å²) in [4.78, 5) is 12.4. The Kier molecular flexibility index (Phi) is 5.98. The van der Waals surface area contributed by atoms with E-state index in [4.69, 9.17) is 5.73 Å². The number of benzene rings is 1. The molecule has 0 radical (unpaired) electrons. The van der Waals surface area contributed by atoms with Gasteiger partial charge in [-0.15, -0.1) is 11.8 Å². The number of unbranched alkanes of at least 4 members (excludes halogenated alkanes) is 1. The third-order valence-corrected chi connectivity index (χ3v) is 3.48. The van der Waals surface area contributed by atoms with Crippen molar-refractivity contribution < 1.29 is 9.18 Å². The van der Waals surface area contributed by atoms with Crippen molar-refractivity contribution in [3.05, 3.63) is 24.0 Å². The molecule has 18 heavy (non-hydrogen) atoms. The Hall–Kier alpha value is -1.23. The van der Waals surface area contributed by atoms with Gasteiger partial charge in [-0.25, -0.2) is 4.39 Å². The van der Waals surface area contributed by atoms with Gasteiger partial charge < -0.3 is 11.1 Å². The summed E-state index contributed by atoms with van der Waals surface area (Å²) in [7, 11) is 0. The van der Waals surface area contributed by atoms with Gasteiger partial charge in [-0.1, -0.05) is 13.3 Å². The molecule has 0 aliphatic rings. The highest BCUT2D eigenvalue weighted by Crippen LogP contribution is 2.26. The van der Waals surface area contributed by atoms with E-state index in [1.54, 1.807) is 13.0 Å². The fraction of sp³-hybridized carbons (Fsp3) is 0.462. The fourth-order valence-corrected chi connectivity index (χ4v) is 2.43. The minimum atomic E-state index is -0.379. The number of nitrogens with two attached hydrogens (primary N) is 1. The molecule has 0 spiro atoms. The largest absolute Gasteiger partial charge is 0.399 e. The first-order valence-corrected chi connectivity index (χ1v) is 6.91. The number of amides is 1. The Bertz CT molecular complexity index is 392. The van der Waals surface area contributed by atoms with Crippen LogP contribution in [-0.2, 0) is 4.79 Å². The summed E-state index contributed by atoms with van der Waals surface area (Å²) in [5.74, 6) is -0.410. The Morgan fingerprint density at radius 3 is 2.83 bits per heavy atom. The summed E-state index contributed by atoms with van der Waals surface area (Å²) in [5, 5.41) is 2.59. The lowest BCUT2D eigenvalue weighted by molar-refractivity contribution is -0.120. The van der Waals surface area contributed by atoms with Crippen LogP contribution < -0.4 is 11.1 Å². The number of nitrogens with one attached hydrogen (secondary N) is 1. The van der Waals surface area contributed by atoms with Crippen LogP contribution in [0.1, 0.15) is 26.7 Å². The maximum Gasteiger partial charge on any atom is 0.233 e. The van der Waals surface area contributed by atoms with E-state index in [2.05, 4.69) is 12.2 Å². The van der Waals surface area contributed by atoms with Crippen LogP contribution in [0, 0.1) is 5.82 Å². The van der Waals surface area contributed by atoms with Crippen LogP contribution in [-0.4, -0.2) is 17.7 Å². The smallest absolute Gasteiger partial charge is 0.233 e. The molecule has 5 heteroatoms.